The molecule has 5 rings (SSSR count). The van der Waals surface area contributed by atoms with Crippen molar-refractivity contribution in [3.05, 3.63) is 83.2 Å². The summed E-state index contributed by atoms with van der Waals surface area (Å²) >= 11 is 1.53. The Bertz CT molecular complexity index is 1320. The van der Waals surface area contributed by atoms with Gasteiger partial charge >= 0.3 is 0 Å². The van der Waals surface area contributed by atoms with Crippen LogP contribution in [0.15, 0.2) is 66.7 Å². The van der Waals surface area contributed by atoms with Gasteiger partial charge < -0.3 is 9.64 Å². The minimum Gasteiger partial charge on any atom is -0.378 e. The zero-order chi connectivity index (χ0) is 22.6. The van der Waals surface area contributed by atoms with E-state index in [9.17, 15) is 9.65 Å². The Kier molecular flexibility index (Phi) is 5.98. The Morgan fingerprint density at radius 2 is 1.76 bits per heavy atom. The summed E-state index contributed by atoms with van der Waals surface area (Å²) in [7, 11) is 0. The number of rotatable bonds is 5. The van der Waals surface area contributed by atoms with E-state index in [1.54, 1.807) is 12.1 Å². The SMILES string of the molecule is N#C/C(=C\c1ccc(-c2ccc(F)cc2)s1)c1nnc(N2CCOCC2)n1-c1ccccc1. The number of morpholine rings is 1. The predicted molar refractivity (Wildman–Crippen MR) is 128 cm³/mol. The van der Waals surface area contributed by atoms with Crippen molar-refractivity contribution in [2.45, 2.75) is 0 Å². The summed E-state index contributed by atoms with van der Waals surface area (Å²) in [6.45, 7) is 2.67. The maximum absolute atomic E-state index is 13.3. The molecule has 2 aromatic carbocycles. The maximum Gasteiger partial charge on any atom is 0.232 e. The van der Waals surface area contributed by atoms with E-state index in [4.69, 9.17) is 4.74 Å². The molecule has 1 aliphatic heterocycles. The van der Waals surface area contributed by atoms with Crippen molar-refractivity contribution < 1.29 is 9.13 Å². The number of ether oxygens (including phenoxy) is 1. The van der Waals surface area contributed by atoms with Crippen molar-refractivity contribution >= 4 is 28.9 Å². The summed E-state index contributed by atoms with van der Waals surface area (Å²) in [5.41, 5.74) is 2.23. The zero-order valence-corrected chi connectivity index (χ0v) is 18.5. The molecule has 1 saturated heterocycles. The Labute approximate surface area is 194 Å². The van der Waals surface area contributed by atoms with Crippen LogP contribution in [0.5, 0.6) is 0 Å². The van der Waals surface area contributed by atoms with Gasteiger partial charge in [-0.3, -0.25) is 4.57 Å². The first-order chi connectivity index (χ1) is 16.2. The fourth-order valence-electron chi connectivity index (χ4n) is 3.72. The van der Waals surface area contributed by atoms with Crippen LogP contribution in [0.1, 0.15) is 10.7 Å². The van der Waals surface area contributed by atoms with Crippen LogP contribution in [0.4, 0.5) is 10.3 Å². The van der Waals surface area contributed by atoms with Crippen LogP contribution in [-0.4, -0.2) is 41.1 Å². The number of hydrogen-bond donors (Lipinski definition) is 0. The van der Waals surface area contributed by atoms with Crippen LogP contribution < -0.4 is 4.90 Å². The minimum absolute atomic E-state index is 0.265. The summed E-state index contributed by atoms with van der Waals surface area (Å²) < 4.78 is 20.7. The molecule has 33 heavy (non-hydrogen) atoms. The second-order valence-corrected chi connectivity index (χ2v) is 8.59. The Hall–Kier alpha value is -3.80. The number of para-hydroxylation sites is 1. The summed E-state index contributed by atoms with van der Waals surface area (Å²) in [5.74, 6) is 0.916. The highest BCUT2D eigenvalue weighted by molar-refractivity contribution is 7.16. The number of benzene rings is 2. The molecule has 4 aromatic rings. The molecule has 0 N–H and O–H groups in total. The van der Waals surface area contributed by atoms with Gasteiger partial charge in [-0.05, 0) is 48.0 Å². The third kappa shape index (κ3) is 4.42. The van der Waals surface area contributed by atoms with Gasteiger partial charge in [-0.25, -0.2) is 4.39 Å². The highest BCUT2D eigenvalue weighted by Gasteiger charge is 2.23. The number of halogens is 1. The van der Waals surface area contributed by atoms with E-state index in [2.05, 4.69) is 21.2 Å². The number of nitriles is 1. The first-order valence-electron chi connectivity index (χ1n) is 10.5. The van der Waals surface area contributed by atoms with Crippen LogP contribution in [-0.2, 0) is 4.74 Å². The number of allylic oxidation sites excluding steroid dienone is 1. The molecule has 0 aliphatic carbocycles. The topological polar surface area (TPSA) is 67.0 Å². The second kappa shape index (κ2) is 9.36. The molecule has 0 saturated carbocycles. The van der Waals surface area contributed by atoms with Crippen molar-refractivity contribution in [1.29, 1.82) is 5.26 Å². The molecule has 0 unspecified atom stereocenters. The molecule has 2 aromatic heterocycles. The van der Waals surface area contributed by atoms with Crippen LogP contribution in [0.2, 0.25) is 0 Å². The van der Waals surface area contributed by atoms with E-state index in [-0.39, 0.29) is 5.82 Å². The molecule has 3 heterocycles. The molecular weight excluding hydrogens is 437 g/mol. The molecule has 1 fully saturated rings. The lowest BCUT2D eigenvalue weighted by atomic mass is 10.2. The van der Waals surface area contributed by atoms with Crippen LogP contribution in [0, 0.1) is 17.1 Å². The highest BCUT2D eigenvalue weighted by atomic mass is 32.1. The first-order valence-corrected chi connectivity index (χ1v) is 11.4. The lowest BCUT2D eigenvalue weighted by Crippen LogP contribution is -2.38. The van der Waals surface area contributed by atoms with Gasteiger partial charge in [-0.1, -0.05) is 30.3 Å². The molecule has 8 heteroatoms. The standard InChI is InChI=1S/C25H20FN5OS/c26-20-8-6-18(7-9-20)23-11-10-22(33-23)16-19(17-27)24-28-29-25(30-12-14-32-15-13-30)31(24)21-4-2-1-3-5-21/h1-11,16H,12-15H2/b19-16+. The third-order valence-electron chi connectivity index (χ3n) is 5.36. The van der Waals surface area contributed by atoms with Crippen LogP contribution >= 0.6 is 11.3 Å². The molecule has 1 aliphatic rings. The van der Waals surface area contributed by atoms with E-state index in [1.165, 1.54) is 23.5 Å². The summed E-state index contributed by atoms with van der Waals surface area (Å²) in [6.07, 6.45) is 1.82. The summed E-state index contributed by atoms with van der Waals surface area (Å²) in [6, 6.07) is 22.4. The first kappa shape index (κ1) is 21.1. The van der Waals surface area contributed by atoms with E-state index < -0.39 is 0 Å². The Balaban J connectivity index is 1.55. The van der Waals surface area contributed by atoms with Gasteiger partial charge in [-0.15, -0.1) is 21.5 Å². The molecule has 6 nitrogen and oxygen atoms in total. The quantitative estimate of drug-likeness (QED) is 0.393. The van der Waals surface area contributed by atoms with E-state index in [0.29, 0.717) is 43.6 Å². The third-order valence-corrected chi connectivity index (χ3v) is 6.44. The maximum atomic E-state index is 13.3. The average Bonchev–Trinajstić information content (AvgIpc) is 3.52. The van der Waals surface area contributed by atoms with Crippen molar-refractivity contribution in [1.82, 2.24) is 14.8 Å². The number of anilines is 1. The molecule has 0 atom stereocenters. The smallest absolute Gasteiger partial charge is 0.232 e. The Morgan fingerprint density at radius 3 is 2.48 bits per heavy atom. The number of thiophene rings is 1. The van der Waals surface area contributed by atoms with Gasteiger partial charge in [0.15, 0.2) is 5.82 Å². The molecule has 0 spiro atoms. The molecule has 0 radical (unpaired) electrons. The molecule has 0 bridgehead atoms. The van der Waals surface area contributed by atoms with Gasteiger partial charge in [-0.2, -0.15) is 5.26 Å². The van der Waals surface area contributed by atoms with Crippen molar-refractivity contribution in [2.75, 3.05) is 31.2 Å². The second-order valence-electron chi connectivity index (χ2n) is 7.47. The van der Waals surface area contributed by atoms with Gasteiger partial charge in [0.05, 0.1) is 24.5 Å². The van der Waals surface area contributed by atoms with Crippen LogP contribution in [0.3, 0.4) is 0 Å². The van der Waals surface area contributed by atoms with E-state index in [1.807, 2.05) is 53.1 Å². The van der Waals surface area contributed by atoms with E-state index >= 15 is 0 Å². The normalized spacial score (nSPS) is 14.3. The molecule has 164 valence electrons. The fraction of sp³-hybridized carbons (Fsp3) is 0.160. The van der Waals surface area contributed by atoms with Crippen molar-refractivity contribution in [2.24, 2.45) is 0 Å². The number of hydrogen-bond acceptors (Lipinski definition) is 6. The Morgan fingerprint density at radius 1 is 1.00 bits per heavy atom. The zero-order valence-electron chi connectivity index (χ0n) is 17.7. The lowest BCUT2D eigenvalue weighted by molar-refractivity contribution is 0.122. The number of nitrogens with zero attached hydrogens (tertiary/aromatic N) is 5. The lowest BCUT2D eigenvalue weighted by Gasteiger charge is -2.28. The average molecular weight is 458 g/mol. The monoisotopic (exact) mass is 457 g/mol. The van der Waals surface area contributed by atoms with Gasteiger partial charge in [0.1, 0.15) is 11.9 Å². The highest BCUT2D eigenvalue weighted by Crippen LogP contribution is 2.32. The molecular formula is C25H20FN5OS. The van der Waals surface area contributed by atoms with Gasteiger partial charge in [0.25, 0.3) is 0 Å². The minimum atomic E-state index is -0.265. The van der Waals surface area contributed by atoms with Crippen molar-refractivity contribution in [3.63, 3.8) is 0 Å². The fourth-order valence-corrected chi connectivity index (χ4v) is 4.68. The van der Waals surface area contributed by atoms with Gasteiger partial charge in [0.2, 0.25) is 5.95 Å². The predicted octanol–water partition coefficient (Wildman–Crippen LogP) is 5.04. The largest absolute Gasteiger partial charge is 0.378 e. The molecule has 0 amide bonds. The van der Waals surface area contributed by atoms with Gasteiger partial charge in [0, 0.05) is 22.8 Å². The van der Waals surface area contributed by atoms with E-state index in [0.717, 1.165) is 21.0 Å². The van der Waals surface area contributed by atoms with Crippen LogP contribution in [0.25, 0.3) is 27.8 Å². The summed E-state index contributed by atoms with van der Waals surface area (Å²) in [5, 5.41) is 18.9. The summed E-state index contributed by atoms with van der Waals surface area (Å²) in [4.78, 5) is 4.03. The number of aromatic nitrogens is 3. The van der Waals surface area contributed by atoms with Crippen molar-refractivity contribution in [3.8, 4) is 22.2 Å².